The first kappa shape index (κ1) is 11.8. The number of methoxy groups -OCH3 is 1. The Morgan fingerprint density at radius 2 is 1.88 bits per heavy atom. The van der Waals surface area contributed by atoms with E-state index in [0.29, 0.717) is 11.3 Å². The minimum atomic E-state index is -1.48. The number of benzene rings is 1. The van der Waals surface area contributed by atoms with E-state index >= 15 is 0 Å². The van der Waals surface area contributed by atoms with Gasteiger partial charge in [0, 0.05) is 0 Å². The van der Waals surface area contributed by atoms with Crippen LogP contribution in [0.4, 0.5) is 0 Å². The standard InChI is InChI=1S/C11H10O5/c1-16-8-4-2-3-7(5-8)6-9(10(12)13)11(14)15/h2-6H,1H3,(H,12,13)(H,14,15). The molecular formula is C11H10O5. The zero-order valence-electron chi connectivity index (χ0n) is 8.51. The lowest BCUT2D eigenvalue weighted by Crippen LogP contribution is -2.10. The average molecular weight is 222 g/mol. The predicted octanol–water partition coefficient (Wildman–Crippen LogP) is 1.25. The van der Waals surface area contributed by atoms with Crippen LogP contribution in [0.1, 0.15) is 5.56 Å². The summed E-state index contributed by atoms with van der Waals surface area (Å²) in [6.07, 6.45) is 1.08. The Bertz CT molecular complexity index is 431. The minimum absolute atomic E-state index is 0.458. The molecule has 0 unspecified atom stereocenters. The van der Waals surface area contributed by atoms with Gasteiger partial charge in [0.15, 0.2) is 0 Å². The number of carboxylic acid groups (broad SMARTS) is 2. The predicted molar refractivity (Wildman–Crippen MR) is 56.2 cm³/mol. The van der Waals surface area contributed by atoms with Gasteiger partial charge >= 0.3 is 11.9 Å². The van der Waals surface area contributed by atoms with Crippen LogP contribution in [-0.2, 0) is 9.59 Å². The molecule has 84 valence electrons. The SMILES string of the molecule is COc1cccc(C=C(C(=O)O)C(=O)O)c1. The van der Waals surface area contributed by atoms with Crippen molar-refractivity contribution in [1.29, 1.82) is 0 Å². The summed E-state index contributed by atoms with van der Waals surface area (Å²) in [6, 6.07) is 6.46. The Labute approximate surface area is 91.6 Å². The quantitative estimate of drug-likeness (QED) is 0.455. The Morgan fingerprint density at radius 1 is 1.25 bits per heavy atom. The first-order valence-electron chi connectivity index (χ1n) is 4.37. The van der Waals surface area contributed by atoms with Gasteiger partial charge in [0.1, 0.15) is 11.3 Å². The lowest BCUT2D eigenvalue weighted by atomic mass is 10.1. The van der Waals surface area contributed by atoms with Gasteiger partial charge in [-0.2, -0.15) is 0 Å². The molecule has 5 nitrogen and oxygen atoms in total. The molecule has 0 radical (unpaired) electrons. The molecule has 2 N–H and O–H groups in total. The van der Waals surface area contributed by atoms with E-state index in [1.54, 1.807) is 24.3 Å². The topological polar surface area (TPSA) is 83.8 Å². The molecule has 0 aromatic heterocycles. The summed E-state index contributed by atoms with van der Waals surface area (Å²) in [6.45, 7) is 0. The van der Waals surface area contributed by atoms with Gasteiger partial charge in [-0.05, 0) is 23.8 Å². The van der Waals surface area contributed by atoms with Crippen LogP contribution < -0.4 is 4.74 Å². The van der Waals surface area contributed by atoms with Crippen LogP contribution in [0.15, 0.2) is 29.8 Å². The molecule has 0 aliphatic heterocycles. The molecule has 0 aliphatic carbocycles. The monoisotopic (exact) mass is 222 g/mol. The van der Waals surface area contributed by atoms with Crippen LogP contribution in [0.5, 0.6) is 5.75 Å². The molecule has 0 saturated heterocycles. The highest BCUT2D eigenvalue weighted by Gasteiger charge is 2.15. The Hall–Kier alpha value is -2.30. The van der Waals surface area contributed by atoms with E-state index < -0.39 is 17.5 Å². The van der Waals surface area contributed by atoms with Crippen molar-refractivity contribution in [2.75, 3.05) is 7.11 Å². The lowest BCUT2D eigenvalue weighted by Gasteiger charge is -2.01. The maximum atomic E-state index is 10.6. The second-order valence-corrected chi connectivity index (χ2v) is 2.94. The van der Waals surface area contributed by atoms with Crippen LogP contribution in [-0.4, -0.2) is 29.3 Å². The molecule has 1 rings (SSSR count). The van der Waals surface area contributed by atoms with E-state index in [0.717, 1.165) is 6.08 Å². The van der Waals surface area contributed by atoms with Gasteiger partial charge in [-0.25, -0.2) is 9.59 Å². The lowest BCUT2D eigenvalue weighted by molar-refractivity contribution is -0.139. The van der Waals surface area contributed by atoms with Crippen LogP contribution in [0, 0.1) is 0 Å². The van der Waals surface area contributed by atoms with Crippen LogP contribution in [0.25, 0.3) is 6.08 Å². The zero-order valence-corrected chi connectivity index (χ0v) is 8.51. The molecule has 0 heterocycles. The summed E-state index contributed by atoms with van der Waals surface area (Å²) >= 11 is 0. The highest BCUT2D eigenvalue weighted by atomic mass is 16.5. The molecule has 0 aliphatic rings. The summed E-state index contributed by atoms with van der Waals surface area (Å²) in [4.78, 5) is 21.2. The van der Waals surface area contributed by atoms with Crippen molar-refractivity contribution in [2.45, 2.75) is 0 Å². The molecule has 0 fully saturated rings. The van der Waals surface area contributed by atoms with Crippen molar-refractivity contribution in [2.24, 2.45) is 0 Å². The third kappa shape index (κ3) is 2.84. The molecule has 0 atom stereocenters. The molecule has 0 spiro atoms. The van der Waals surface area contributed by atoms with Gasteiger partial charge in [0.2, 0.25) is 0 Å². The highest BCUT2D eigenvalue weighted by molar-refractivity contribution is 6.16. The van der Waals surface area contributed by atoms with E-state index in [1.807, 2.05) is 0 Å². The normalized spacial score (nSPS) is 9.31. The van der Waals surface area contributed by atoms with E-state index in [1.165, 1.54) is 7.11 Å². The summed E-state index contributed by atoms with van der Waals surface area (Å²) < 4.78 is 4.93. The van der Waals surface area contributed by atoms with Gasteiger partial charge in [0.25, 0.3) is 0 Å². The fourth-order valence-electron chi connectivity index (χ4n) is 1.11. The molecule has 0 saturated carbocycles. The third-order valence-corrected chi connectivity index (χ3v) is 1.87. The Morgan fingerprint density at radius 3 is 2.38 bits per heavy atom. The van der Waals surface area contributed by atoms with E-state index in [-0.39, 0.29) is 0 Å². The maximum absolute atomic E-state index is 10.6. The number of hydrogen-bond donors (Lipinski definition) is 2. The average Bonchev–Trinajstić information content (AvgIpc) is 2.25. The van der Waals surface area contributed by atoms with Crippen molar-refractivity contribution >= 4 is 18.0 Å². The second kappa shape index (κ2) is 4.97. The highest BCUT2D eigenvalue weighted by Crippen LogP contribution is 2.15. The molecule has 1 aromatic carbocycles. The van der Waals surface area contributed by atoms with E-state index in [2.05, 4.69) is 0 Å². The number of carboxylic acids is 2. The Kier molecular flexibility index (Phi) is 3.66. The molecule has 16 heavy (non-hydrogen) atoms. The van der Waals surface area contributed by atoms with Gasteiger partial charge < -0.3 is 14.9 Å². The van der Waals surface area contributed by atoms with Crippen molar-refractivity contribution in [1.82, 2.24) is 0 Å². The fourth-order valence-corrected chi connectivity index (χ4v) is 1.11. The summed E-state index contributed by atoms with van der Waals surface area (Å²) in [5.74, 6) is -2.42. The summed E-state index contributed by atoms with van der Waals surface area (Å²) in [5.41, 5.74) is -0.229. The van der Waals surface area contributed by atoms with Crippen LogP contribution >= 0.6 is 0 Å². The number of rotatable bonds is 4. The number of aliphatic carboxylic acids is 2. The maximum Gasteiger partial charge on any atom is 0.343 e. The fraction of sp³-hybridized carbons (Fsp3) is 0.0909. The number of carbonyl (C=O) groups is 2. The van der Waals surface area contributed by atoms with Gasteiger partial charge in [-0.1, -0.05) is 12.1 Å². The molecular weight excluding hydrogens is 212 g/mol. The molecule has 0 amide bonds. The summed E-state index contributed by atoms with van der Waals surface area (Å²) in [5, 5.41) is 17.3. The van der Waals surface area contributed by atoms with E-state index in [9.17, 15) is 9.59 Å². The first-order chi connectivity index (χ1) is 7.54. The third-order valence-electron chi connectivity index (χ3n) is 1.87. The molecule has 1 aromatic rings. The van der Waals surface area contributed by atoms with Crippen molar-refractivity contribution in [3.8, 4) is 5.75 Å². The molecule has 0 bridgehead atoms. The van der Waals surface area contributed by atoms with E-state index in [4.69, 9.17) is 14.9 Å². The number of hydrogen-bond acceptors (Lipinski definition) is 3. The van der Waals surface area contributed by atoms with Gasteiger partial charge in [-0.15, -0.1) is 0 Å². The largest absolute Gasteiger partial charge is 0.497 e. The molecule has 5 heteroatoms. The van der Waals surface area contributed by atoms with Crippen LogP contribution in [0.2, 0.25) is 0 Å². The van der Waals surface area contributed by atoms with Crippen molar-refractivity contribution in [3.63, 3.8) is 0 Å². The smallest absolute Gasteiger partial charge is 0.343 e. The zero-order chi connectivity index (χ0) is 12.1. The summed E-state index contributed by atoms with van der Waals surface area (Å²) in [7, 11) is 1.47. The van der Waals surface area contributed by atoms with Crippen LogP contribution in [0.3, 0.4) is 0 Å². The second-order valence-electron chi connectivity index (χ2n) is 2.94. The van der Waals surface area contributed by atoms with Crippen molar-refractivity contribution < 1.29 is 24.5 Å². The van der Waals surface area contributed by atoms with Crippen molar-refractivity contribution in [3.05, 3.63) is 35.4 Å². The first-order valence-corrected chi connectivity index (χ1v) is 4.37. The minimum Gasteiger partial charge on any atom is -0.497 e. The van der Waals surface area contributed by atoms with Gasteiger partial charge in [-0.3, -0.25) is 0 Å². The Balaban J connectivity index is 3.12. The van der Waals surface area contributed by atoms with Gasteiger partial charge in [0.05, 0.1) is 7.11 Å². The number of ether oxygens (including phenoxy) is 1.